The molecule has 1 aliphatic rings. The van der Waals surface area contributed by atoms with Crippen LogP contribution in [0.3, 0.4) is 0 Å². The number of rotatable bonds is 7. The van der Waals surface area contributed by atoms with Crippen LogP contribution in [0.2, 0.25) is 0 Å². The van der Waals surface area contributed by atoms with Gasteiger partial charge < -0.3 is 9.30 Å². The Morgan fingerprint density at radius 2 is 1.82 bits per heavy atom. The predicted molar refractivity (Wildman–Crippen MR) is 131 cm³/mol. The zero-order valence-corrected chi connectivity index (χ0v) is 19.7. The number of benzene rings is 3. The Hall–Kier alpha value is -2.86. The summed E-state index contributed by atoms with van der Waals surface area (Å²) < 4.78 is 21.6. The van der Waals surface area contributed by atoms with E-state index in [2.05, 4.69) is 57.2 Å². The third-order valence-corrected chi connectivity index (χ3v) is 7.50. The molecule has 0 atom stereocenters. The second-order valence-corrected chi connectivity index (χ2v) is 9.58. The maximum Gasteiger partial charge on any atom is 0.191 e. The predicted octanol–water partition coefficient (Wildman–Crippen LogP) is 6.97. The highest BCUT2D eigenvalue weighted by molar-refractivity contribution is 7.98. The highest BCUT2D eigenvalue weighted by atomic mass is 32.2. The van der Waals surface area contributed by atoms with Gasteiger partial charge in [-0.3, -0.25) is 0 Å². The van der Waals surface area contributed by atoms with Crippen LogP contribution in [-0.2, 0) is 12.2 Å². The zero-order valence-electron chi connectivity index (χ0n) is 18.8. The normalized spacial score (nSPS) is 14.6. The number of aromatic nitrogens is 3. The minimum Gasteiger partial charge on any atom is -0.494 e. The number of hydrogen-bond acceptors (Lipinski definition) is 4. The molecule has 0 unspecified atom stereocenters. The van der Waals surface area contributed by atoms with E-state index in [0.717, 1.165) is 35.8 Å². The number of hydrogen-bond donors (Lipinski definition) is 0. The summed E-state index contributed by atoms with van der Waals surface area (Å²) in [5.41, 5.74) is 2.18. The number of nitrogens with zero attached hydrogens (tertiary/aromatic N) is 3. The summed E-state index contributed by atoms with van der Waals surface area (Å²) in [5, 5.41) is 12.7. The molecule has 1 aromatic heterocycles. The zero-order chi connectivity index (χ0) is 22.6. The van der Waals surface area contributed by atoms with Crippen LogP contribution in [-0.4, -0.2) is 21.9 Å². The lowest BCUT2D eigenvalue weighted by Gasteiger charge is -2.25. The van der Waals surface area contributed by atoms with Crippen molar-refractivity contribution in [2.45, 2.75) is 55.5 Å². The SMILES string of the molecule is COc1ccc(CSc2nnc(Cc3cccc4ccccc34)n2C2CCCCC2)cc1F. The molecule has 1 aliphatic carbocycles. The molecule has 0 N–H and O–H groups in total. The number of thioether (sulfide) groups is 1. The Morgan fingerprint density at radius 3 is 2.64 bits per heavy atom. The molecular weight excluding hydrogens is 433 g/mol. The van der Waals surface area contributed by atoms with E-state index in [1.54, 1.807) is 23.9 Å². The molecule has 0 spiro atoms. The van der Waals surface area contributed by atoms with Gasteiger partial charge in [0.15, 0.2) is 16.7 Å². The Morgan fingerprint density at radius 1 is 1.00 bits per heavy atom. The summed E-state index contributed by atoms with van der Waals surface area (Å²) in [5.74, 6) is 1.59. The molecule has 4 aromatic rings. The Kier molecular flexibility index (Phi) is 6.63. The van der Waals surface area contributed by atoms with Gasteiger partial charge in [0.1, 0.15) is 5.82 Å². The minimum absolute atomic E-state index is 0.270. The van der Waals surface area contributed by atoms with Crippen molar-refractivity contribution < 1.29 is 9.13 Å². The van der Waals surface area contributed by atoms with Gasteiger partial charge in [0.25, 0.3) is 0 Å². The molecule has 5 rings (SSSR count). The maximum absolute atomic E-state index is 14.2. The van der Waals surface area contributed by atoms with E-state index >= 15 is 0 Å². The van der Waals surface area contributed by atoms with Gasteiger partial charge in [0.2, 0.25) is 0 Å². The molecule has 33 heavy (non-hydrogen) atoms. The van der Waals surface area contributed by atoms with E-state index in [0.29, 0.717) is 11.8 Å². The van der Waals surface area contributed by atoms with Gasteiger partial charge in [0.05, 0.1) is 7.11 Å². The summed E-state index contributed by atoms with van der Waals surface area (Å²) in [6.45, 7) is 0. The number of ether oxygens (including phenoxy) is 1. The summed E-state index contributed by atoms with van der Waals surface area (Å²) in [6.07, 6.45) is 6.85. The van der Waals surface area contributed by atoms with Crippen molar-refractivity contribution in [1.82, 2.24) is 14.8 Å². The van der Waals surface area contributed by atoms with Crippen LogP contribution >= 0.6 is 11.8 Å². The van der Waals surface area contributed by atoms with Gasteiger partial charge in [-0.05, 0) is 46.9 Å². The van der Waals surface area contributed by atoms with Crippen LogP contribution in [0.15, 0.2) is 65.8 Å². The van der Waals surface area contributed by atoms with Crippen molar-refractivity contribution in [3.05, 3.63) is 83.4 Å². The monoisotopic (exact) mass is 461 g/mol. The van der Waals surface area contributed by atoms with Crippen LogP contribution in [0.4, 0.5) is 4.39 Å². The number of fused-ring (bicyclic) bond motifs is 1. The molecule has 4 nitrogen and oxygen atoms in total. The summed E-state index contributed by atoms with van der Waals surface area (Å²) in [6, 6.07) is 20.5. The molecule has 0 saturated heterocycles. The van der Waals surface area contributed by atoms with Crippen molar-refractivity contribution in [2.75, 3.05) is 7.11 Å². The molecule has 1 saturated carbocycles. The minimum atomic E-state index is -0.332. The third-order valence-electron chi connectivity index (χ3n) is 6.49. The number of methoxy groups -OCH3 is 1. The summed E-state index contributed by atoms with van der Waals surface area (Å²) >= 11 is 1.63. The quantitative estimate of drug-likeness (QED) is 0.279. The Labute approximate surface area is 198 Å². The smallest absolute Gasteiger partial charge is 0.191 e. The lowest BCUT2D eigenvalue weighted by Crippen LogP contribution is -2.17. The molecule has 6 heteroatoms. The first-order valence-electron chi connectivity index (χ1n) is 11.6. The van der Waals surface area contributed by atoms with Crippen molar-refractivity contribution in [1.29, 1.82) is 0 Å². The van der Waals surface area contributed by atoms with E-state index in [1.165, 1.54) is 42.7 Å². The average molecular weight is 462 g/mol. The highest BCUT2D eigenvalue weighted by Crippen LogP contribution is 2.35. The van der Waals surface area contributed by atoms with E-state index in [4.69, 9.17) is 4.74 Å². The molecule has 0 aliphatic heterocycles. The molecule has 0 amide bonds. The molecule has 1 heterocycles. The topological polar surface area (TPSA) is 39.9 Å². The van der Waals surface area contributed by atoms with Crippen LogP contribution in [0.1, 0.15) is 55.1 Å². The largest absolute Gasteiger partial charge is 0.494 e. The van der Waals surface area contributed by atoms with Crippen LogP contribution in [0, 0.1) is 5.82 Å². The summed E-state index contributed by atoms with van der Waals surface area (Å²) in [4.78, 5) is 0. The fraction of sp³-hybridized carbons (Fsp3) is 0.333. The molecular formula is C27H28FN3OS. The third kappa shape index (κ3) is 4.76. The first-order valence-corrected chi connectivity index (χ1v) is 12.6. The lowest BCUT2D eigenvalue weighted by molar-refractivity contribution is 0.330. The Balaban J connectivity index is 1.44. The molecule has 3 aromatic carbocycles. The standard InChI is InChI=1S/C27H28FN3OS/c1-32-25-15-14-19(16-24(25)28)18-33-27-30-29-26(31(27)22-11-3-2-4-12-22)17-21-10-7-9-20-8-5-6-13-23(20)21/h5-10,13-16,22H,2-4,11-12,17-18H2,1H3. The second-order valence-electron chi connectivity index (χ2n) is 8.63. The van der Waals surface area contributed by atoms with E-state index < -0.39 is 0 Å². The Bertz CT molecular complexity index is 1240. The molecule has 170 valence electrons. The van der Waals surface area contributed by atoms with Crippen LogP contribution in [0.5, 0.6) is 5.75 Å². The van der Waals surface area contributed by atoms with Crippen LogP contribution in [0.25, 0.3) is 10.8 Å². The summed E-state index contributed by atoms with van der Waals surface area (Å²) in [7, 11) is 1.48. The first-order chi connectivity index (χ1) is 16.2. The molecule has 0 bridgehead atoms. The van der Waals surface area contributed by atoms with E-state index in [-0.39, 0.29) is 11.6 Å². The van der Waals surface area contributed by atoms with Gasteiger partial charge in [-0.25, -0.2) is 4.39 Å². The van der Waals surface area contributed by atoms with Crippen molar-refractivity contribution >= 4 is 22.5 Å². The van der Waals surface area contributed by atoms with Gasteiger partial charge >= 0.3 is 0 Å². The van der Waals surface area contributed by atoms with E-state index in [9.17, 15) is 4.39 Å². The fourth-order valence-electron chi connectivity index (χ4n) is 4.80. The van der Waals surface area contributed by atoms with Crippen molar-refractivity contribution in [2.24, 2.45) is 0 Å². The van der Waals surface area contributed by atoms with E-state index in [1.807, 2.05) is 6.07 Å². The fourth-order valence-corrected chi connectivity index (χ4v) is 5.76. The van der Waals surface area contributed by atoms with Gasteiger partial charge in [-0.15, -0.1) is 10.2 Å². The maximum atomic E-state index is 14.2. The first kappa shape index (κ1) is 22.0. The van der Waals surface area contributed by atoms with Gasteiger partial charge in [0, 0.05) is 18.2 Å². The van der Waals surface area contributed by atoms with Gasteiger partial charge in [-0.2, -0.15) is 0 Å². The highest BCUT2D eigenvalue weighted by Gasteiger charge is 2.23. The van der Waals surface area contributed by atoms with Crippen molar-refractivity contribution in [3.63, 3.8) is 0 Å². The average Bonchev–Trinajstić information content (AvgIpc) is 3.26. The number of halogens is 1. The van der Waals surface area contributed by atoms with Crippen LogP contribution < -0.4 is 4.74 Å². The molecule has 1 fully saturated rings. The van der Waals surface area contributed by atoms with Gasteiger partial charge in [-0.1, -0.05) is 79.6 Å². The molecule has 0 radical (unpaired) electrons. The van der Waals surface area contributed by atoms with Crippen molar-refractivity contribution in [3.8, 4) is 5.75 Å². The second kappa shape index (κ2) is 9.96. The lowest BCUT2D eigenvalue weighted by atomic mass is 9.95.